The maximum absolute atomic E-state index is 13.0. The number of nitrogens with zero attached hydrogens (tertiary/aromatic N) is 4. The summed E-state index contributed by atoms with van der Waals surface area (Å²) in [5.41, 5.74) is 3.15. The van der Waals surface area contributed by atoms with Gasteiger partial charge in [0, 0.05) is 24.4 Å². The molecule has 0 spiro atoms. The molecule has 1 N–H and O–H groups in total. The summed E-state index contributed by atoms with van der Waals surface area (Å²) in [4.78, 5) is 30.3. The minimum absolute atomic E-state index is 0.0688. The van der Waals surface area contributed by atoms with Crippen molar-refractivity contribution in [2.45, 2.75) is 58.6 Å². The van der Waals surface area contributed by atoms with Gasteiger partial charge in [-0.05, 0) is 52.0 Å². The van der Waals surface area contributed by atoms with Gasteiger partial charge in [0.2, 0.25) is 11.9 Å². The van der Waals surface area contributed by atoms with E-state index in [1.807, 2.05) is 19.9 Å². The maximum atomic E-state index is 13.0. The Labute approximate surface area is 157 Å². The Morgan fingerprint density at radius 3 is 2.89 bits per heavy atom. The van der Waals surface area contributed by atoms with Crippen molar-refractivity contribution in [2.75, 3.05) is 13.2 Å². The zero-order valence-corrected chi connectivity index (χ0v) is 15.8. The molecule has 0 aromatic carbocycles. The highest BCUT2D eigenvalue weighted by Gasteiger charge is 2.24. The monoisotopic (exact) mass is 371 g/mol. The first-order valence-corrected chi connectivity index (χ1v) is 9.57. The molecule has 8 heteroatoms. The van der Waals surface area contributed by atoms with Crippen molar-refractivity contribution in [3.63, 3.8) is 0 Å². The van der Waals surface area contributed by atoms with E-state index in [9.17, 15) is 9.59 Å². The van der Waals surface area contributed by atoms with Crippen LogP contribution in [0, 0.1) is 13.8 Å². The van der Waals surface area contributed by atoms with Gasteiger partial charge >= 0.3 is 0 Å². The molecular weight excluding hydrogens is 346 g/mol. The van der Waals surface area contributed by atoms with Gasteiger partial charge in [0.05, 0.1) is 17.5 Å². The van der Waals surface area contributed by atoms with E-state index in [-0.39, 0.29) is 24.1 Å². The standard InChI is InChI=1S/C19H25N5O3/c1-12-9-13(2)24(22-12)19-21-16-7-3-6-15(16)18(26)23(19)11-17(25)20-10-14-5-4-8-27-14/h9,14H,3-8,10-11H2,1-2H3,(H,20,25). The topological polar surface area (TPSA) is 91.0 Å². The molecule has 2 aromatic heterocycles. The first kappa shape index (κ1) is 17.9. The lowest BCUT2D eigenvalue weighted by molar-refractivity contribution is -0.122. The van der Waals surface area contributed by atoms with Crippen molar-refractivity contribution >= 4 is 5.91 Å². The average Bonchev–Trinajstić information content (AvgIpc) is 3.36. The zero-order chi connectivity index (χ0) is 19.0. The lowest BCUT2D eigenvalue weighted by Gasteiger charge is -2.16. The molecule has 0 saturated carbocycles. The van der Waals surface area contributed by atoms with Gasteiger partial charge in [-0.25, -0.2) is 9.67 Å². The number of rotatable bonds is 5. The number of aryl methyl sites for hydroxylation is 3. The molecule has 2 aromatic rings. The first-order valence-electron chi connectivity index (χ1n) is 9.57. The van der Waals surface area contributed by atoms with Crippen molar-refractivity contribution < 1.29 is 9.53 Å². The van der Waals surface area contributed by atoms with Crippen LogP contribution in [0.15, 0.2) is 10.9 Å². The van der Waals surface area contributed by atoms with E-state index in [4.69, 9.17) is 9.72 Å². The molecule has 1 saturated heterocycles. The van der Waals surface area contributed by atoms with Crippen LogP contribution in [0.1, 0.15) is 41.9 Å². The molecule has 1 fully saturated rings. The second kappa shape index (κ2) is 7.26. The van der Waals surface area contributed by atoms with Crippen LogP contribution in [0.5, 0.6) is 0 Å². The fraction of sp³-hybridized carbons (Fsp3) is 0.579. The summed E-state index contributed by atoms with van der Waals surface area (Å²) >= 11 is 0. The Morgan fingerprint density at radius 2 is 2.19 bits per heavy atom. The third kappa shape index (κ3) is 3.53. The molecule has 1 amide bonds. The van der Waals surface area contributed by atoms with Crippen molar-refractivity contribution in [1.82, 2.24) is 24.6 Å². The lowest BCUT2D eigenvalue weighted by Crippen LogP contribution is -2.39. The van der Waals surface area contributed by atoms with Gasteiger partial charge in [-0.1, -0.05) is 0 Å². The van der Waals surface area contributed by atoms with Gasteiger partial charge in [-0.3, -0.25) is 14.2 Å². The summed E-state index contributed by atoms with van der Waals surface area (Å²) in [7, 11) is 0. The highest BCUT2D eigenvalue weighted by Crippen LogP contribution is 2.19. The quantitative estimate of drug-likeness (QED) is 0.841. The van der Waals surface area contributed by atoms with Crippen LogP contribution >= 0.6 is 0 Å². The van der Waals surface area contributed by atoms with Crippen LogP contribution in [-0.2, 0) is 28.9 Å². The predicted molar refractivity (Wildman–Crippen MR) is 99.1 cm³/mol. The summed E-state index contributed by atoms with van der Waals surface area (Å²) < 4.78 is 8.65. The summed E-state index contributed by atoms with van der Waals surface area (Å²) in [6, 6.07) is 1.93. The molecular formula is C19H25N5O3. The molecule has 4 rings (SSSR count). The van der Waals surface area contributed by atoms with Crippen molar-refractivity contribution in [3.05, 3.63) is 39.1 Å². The summed E-state index contributed by atoms with van der Waals surface area (Å²) in [6.45, 7) is 4.96. The summed E-state index contributed by atoms with van der Waals surface area (Å²) in [5, 5.41) is 7.35. The molecule has 0 bridgehead atoms. The molecule has 1 aliphatic carbocycles. The van der Waals surface area contributed by atoms with Crippen molar-refractivity contribution in [1.29, 1.82) is 0 Å². The molecule has 27 heavy (non-hydrogen) atoms. The van der Waals surface area contributed by atoms with Crippen LogP contribution in [-0.4, -0.2) is 44.5 Å². The molecule has 1 unspecified atom stereocenters. The van der Waals surface area contributed by atoms with Gasteiger partial charge in [0.15, 0.2) is 0 Å². The van der Waals surface area contributed by atoms with Crippen LogP contribution in [0.3, 0.4) is 0 Å². The molecule has 1 atom stereocenters. The first-order chi connectivity index (χ1) is 13.0. The minimum Gasteiger partial charge on any atom is -0.376 e. The molecule has 2 aliphatic rings. The number of hydrogen-bond acceptors (Lipinski definition) is 5. The van der Waals surface area contributed by atoms with Crippen LogP contribution in [0.4, 0.5) is 0 Å². The number of aromatic nitrogens is 4. The third-order valence-electron chi connectivity index (χ3n) is 5.22. The van der Waals surface area contributed by atoms with E-state index in [2.05, 4.69) is 10.4 Å². The average molecular weight is 371 g/mol. The maximum Gasteiger partial charge on any atom is 0.258 e. The SMILES string of the molecule is Cc1cc(C)n(-c2nc3c(c(=O)n2CC(=O)NCC2CCCO2)CCC3)n1. The second-order valence-electron chi connectivity index (χ2n) is 7.36. The third-order valence-corrected chi connectivity index (χ3v) is 5.22. The van der Waals surface area contributed by atoms with Gasteiger partial charge in [0.25, 0.3) is 5.56 Å². The Balaban J connectivity index is 1.65. The van der Waals surface area contributed by atoms with E-state index >= 15 is 0 Å². The fourth-order valence-electron chi connectivity index (χ4n) is 3.88. The largest absolute Gasteiger partial charge is 0.376 e. The van der Waals surface area contributed by atoms with E-state index in [1.165, 1.54) is 4.57 Å². The van der Waals surface area contributed by atoms with Crippen LogP contribution in [0.25, 0.3) is 5.95 Å². The summed E-state index contributed by atoms with van der Waals surface area (Å²) in [6.07, 6.45) is 4.48. The molecule has 144 valence electrons. The number of ether oxygens (including phenoxy) is 1. The van der Waals surface area contributed by atoms with Crippen LogP contribution in [0.2, 0.25) is 0 Å². The fourth-order valence-corrected chi connectivity index (χ4v) is 3.88. The Bertz CT molecular complexity index is 924. The number of hydrogen-bond donors (Lipinski definition) is 1. The Hall–Kier alpha value is -2.48. The smallest absolute Gasteiger partial charge is 0.258 e. The highest BCUT2D eigenvalue weighted by molar-refractivity contribution is 5.76. The van der Waals surface area contributed by atoms with E-state index in [0.29, 0.717) is 12.5 Å². The van der Waals surface area contributed by atoms with Gasteiger partial charge in [0.1, 0.15) is 6.54 Å². The highest BCUT2D eigenvalue weighted by atomic mass is 16.5. The Kier molecular flexibility index (Phi) is 4.82. The number of fused-ring (bicyclic) bond motifs is 1. The number of nitrogens with one attached hydrogen (secondary N) is 1. The second-order valence-corrected chi connectivity index (χ2v) is 7.36. The van der Waals surface area contributed by atoms with Crippen LogP contribution < -0.4 is 10.9 Å². The molecule has 1 aliphatic heterocycles. The summed E-state index contributed by atoms with van der Waals surface area (Å²) in [5.74, 6) is 0.202. The number of carbonyl (C=O) groups excluding carboxylic acids is 1. The lowest BCUT2D eigenvalue weighted by atomic mass is 10.2. The van der Waals surface area contributed by atoms with Crippen molar-refractivity contribution in [2.24, 2.45) is 0 Å². The Morgan fingerprint density at radius 1 is 1.33 bits per heavy atom. The van der Waals surface area contributed by atoms with Gasteiger partial charge < -0.3 is 10.1 Å². The minimum atomic E-state index is -0.213. The zero-order valence-electron chi connectivity index (χ0n) is 15.8. The molecule has 8 nitrogen and oxygen atoms in total. The van der Waals surface area contributed by atoms with Gasteiger partial charge in [-0.15, -0.1) is 0 Å². The number of amides is 1. The van der Waals surface area contributed by atoms with E-state index in [1.54, 1.807) is 4.68 Å². The van der Waals surface area contributed by atoms with E-state index < -0.39 is 0 Å². The van der Waals surface area contributed by atoms with Crippen molar-refractivity contribution in [3.8, 4) is 5.95 Å². The normalized spacial score (nSPS) is 18.7. The predicted octanol–water partition coefficient (Wildman–Crippen LogP) is 0.830. The molecule has 0 radical (unpaired) electrons. The van der Waals surface area contributed by atoms with Gasteiger partial charge in [-0.2, -0.15) is 5.10 Å². The number of carbonyl (C=O) groups is 1. The van der Waals surface area contributed by atoms with E-state index in [0.717, 1.165) is 61.4 Å². The molecule has 3 heterocycles.